The maximum absolute atomic E-state index is 12.7. The van der Waals surface area contributed by atoms with Crippen molar-refractivity contribution in [3.05, 3.63) is 34.9 Å². The van der Waals surface area contributed by atoms with Crippen molar-refractivity contribution >= 4 is 17.4 Å². The van der Waals surface area contributed by atoms with Crippen molar-refractivity contribution in [3.8, 4) is 0 Å². The molecule has 2 nitrogen and oxygen atoms in total. The maximum Gasteiger partial charge on any atom is 0.179 e. The standard InChI is InChI=1S/C18H24ClNO/c1-13(18(21)15-8-10-16(19)11-9-15)20-12-4-7-17(20)14-5-2-3-6-14/h8-11,13-14,17H,2-7,12H2,1H3. The lowest BCUT2D eigenvalue weighted by Crippen LogP contribution is -2.44. The van der Waals surface area contributed by atoms with E-state index >= 15 is 0 Å². The SMILES string of the molecule is CC(C(=O)c1ccc(Cl)cc1)N1CCCC1C1CCCC1. The molecule has 0 radical (unpaired) electrons. The number of benzene rings is 1. The van der Waals surface area contributed by atoms with Crippen LogP contribution < -0.4 is 0 Å². The Balaban J connectivity index is 1.72. The monoisotopic (exact) mass is 305 g/mol. The van der Waals surface area contributed by atoms with E-state index < -0.39 is 0 Å². The Morgan fingerprint density at radius 3 is 2.48 bits per heavy atom. The van der Waals surface area contributed by atoms with Gasteiger partial charge in [0.05, 0.1) is 6.04 Å². The lowest BCUT2D eigenvalue weighted by molar-refractivity contribution is 0.0770. The van der Waals surface area contributed by atoms with E-state index in [0.29, 0.717) is 11.1 Å². The third kappa shape index (κ3) is 3.17. The van der Waals surface area contributed by atoms with Gasteiger partial charge in [-0.2, -0.15) is 0 Å². The lowest BCUT2D eigenvalue weighted by Gasteiger charge is -2.33. The number of carbonyl (C=O) groups excluding carboxylic acids is 1. The largest absolute Gasteiger partial charge is 0.292 e. The van der Waals surface area contributed by atoms with Crippen molar-refractivity contribution < 1.29 is 4.79 Å². The average molecular weight is 306 g/mol. The molecule has 0 spiro atoms. The fourth-order valence-corrected chi connectivity index (χ4v) is 4.28. The molecular weight excluding hydrogens is 282 g/mol. The first-order chi connectivity index (χ1) is 10.2. The van der Waals surface area contributed by atoms with Crippen LogP contribution in [0.5, 0.6) is 0 Å². The molecule has 0 aromatic heterocycles. The van der Waals surface area contributed by atoms with Gasteiger partial charge in [-0.15, -0.1) is 0 Å². The molecule has 1 aromatic rings. The molecule has 2 fully saturated rings. The van der Waals surface area contributed by atoms with Gasteiger partial charge < -0.3 is 0 Å². The van der Waals surface area contributed by atoms with Crippen LogP contribution in [0, 0.1) is 5.92 Å². The lowest BCUT2D eigenvalue weighted by atomic mass is 9.94. The van der Waals surface area contributed by atoms with Crippen LogP contribution in [-0.2, 0) is 0 Å². The zero-order chi connectivity index (χ0) is 14.8. The summed E-state index contributed by atoms with van der Waals surface area (Å²) in [6.07, 6.45) is 7.94. The second-order valence-corrected chi connectivity index (χ2v) is 6.98. The first-order valence-electron chi connectivity index (χ1n) is 8.22. The van der Waals surface area contributed by atoms with Gasteiger partial charge in [0, 0.05) is 16.6 Å². The number of carbonyl (C=O) groups is 1. The molecule has 1 saturated carbocycles. The van der Waals surface area contributed by atoms with E-state index in [1.54, 1.807) is 12.1 Å². The molecule has 3 rings (SSSR count). The van der Waals surface area contributed by atoms with Gasteiger partial charge in [0.15, 0.2) is 5.78 Å². The smallest absolute Gasteiger partial charge is 0.179 e. The van der Waals surface area contributed by atoms with E-state index in [2.05, 4.69) is 11.8 Å². The number of ketones is 1. The second kappa shape index (κ2) is 6.50. The molecule has 1 aromatic carbocycles. The maximum atomic E-state index is 12.7. The van der Waals surface area contributed by atoms with Gasteiger partial charge >= 0.3 is 0 Å². The number of nitrogens with zero attached hydrogens (tertiary/aromatic N) is 1. The molecule has 21 heavy (non-hydrogen) atoms. The fraction of sp³-hybridized carbons (Fsp3) is 0.611. The predicted molar refractivity (Wildman–Crippen MR) is 86.9 cm³/mol. The Kier molecular flexibility index (Phi) is 4.66. The Hall–Kier alpha value is -0.860. The number of likely N-dealkylation sites (tertiary alicyclic amines) is 1. The van der Waals surface area contributed by atoms with Crippen LogP contribution in [0.2, 0.25) is 5.02 Å². The van der Waals surface area contributed by atoms with E-state index in [0.717, 1.165) is 18.0 Å². The molecule has 2 atom stereocenters. The highest BCUT2D eigenvalue weighted by Gasteiger charge is 2.37. The summed E-state index contributed by atoms with van der Waals surface area (Å²) < 4.78 is 0. The summed E-state index contributed by atoms with van der Waals surface area (Å²) in [4.78, 5) is 15.2. The van der Waals surface area contributed by atoms with Crippen molar-refractivity contribution in [1.82, 2.24) is 4.90 Å². The molecule has 1 saturated heterocycles. The van der Waals surface area contributed by atoms with Crippen LogP contribution in [0.3, 0.4) is 0 Å². The van der Waals surface area contributed by atoms with Gasteiger partial charge in [0.2, 0.25) is 0 Å². The van der Waals surface area contributed by atoms with E-state index in [9.17, 15) is 4.79 Å². The first kappa shape index (κ1) is 15.1. The van der Waals surface area contributed by atoms with Crippen LogP contribution >= 0.6 is 11.6 Å². The summed E-state index contributed by atoms with van der Waals surface area (Å²) in [5.41, 5.74) is 0.781. The molecule has 114 valence electrons. The van der Waals surface area contributed by atoms with Gasteiger partial charge in [0.25, 0.3) is 0 Å². The van der Waals surface area contributed by atoms with E-state index in [1.165, 1.54) is 38.5 Å². The van der Waals surface area contributed by atoms with Gasteiger partial charge in [-0.1, -0.05) is 24.4 Å². The number of Topliss-reactive ketones (excluding diaryl/α,β-unsaturated/α-hetero) is 1. The van der Waals surface area contributed by atoms with E-state index in [-0.39, 0.29) is 11.8 Å². The summed E-state index contributed by atoms with van der Waals surface area (Å²) >= 11 is 5.91. The Labute approximate surface area is 132 Å². The van der Waals surface area contributed by atoms with Gasteiger partial charge in [-0.3, -0.25) is 9.69 Å². The molecule has 0 N–H and O–H groups in total. The van der Waals surface area contributed by atoms with Crippen molar-refractivity contribution in [2.45, 2.75) is 57.5 Å². The van der Waals surface area contributed by atoms with Crippen molar-refractivity contribution in [1.29, 1.82) is 0 Å². The van der Waals surface area contributed by atoms with Gasteiger partial charge in [-0.05, 0) is 69.3 Å². The normalized spacial score (nSPS) is 25.3. The predicted octanol–water partition coefficient (Wildman–Crippen LogP) is 4.57. The zero-order valence-corrected chi connectivity index (χ0v) is 13.5. The molecule has 2 aliphatic rings. The first-order valence-corrected chi connectivity index (χ1v) is 8.60. The summed E-state index contributed by atoms with van der Waals surface area (Å²) in [6, 6.07) is 7.92. The molecule has 1 heterocycles. The van der Waals surface area contributed by atoms with Crippen molar-refractivity contribution in [3.63, 3.8) is 0 Å². The Morgan fingerprint density at radius 1 is 1.14 bits per heavy atom. The van der Waals surface area contributed by atoms with Crippen molar-refractivity contribution in [2.24, 2.45) is 5.92 Å². The molecule has 3 heteroatoms. The van der Waals surface area contributed by atoms with Crippen LogP contribution in [0.25, 0.3) is 0 Å². The van der Waals surface area contributed by atoms with Crippen molar-refractivity contribution in [2.75, 3.05) is 6.54 Å². The Bertz CT molecular complexity index is 492. The number of hydrogen-bond donors (Lipinski definition) is 0. The summed E-state index contributed by atoms with van der Waals surface area (Å²) in [6.45, 7) is 3.14. The van der Waals surface area contributed by atoms with Crippen LogP contribution in [0.4, 0.5) is 0 Å². The third-order valence-electron chi connectivity index (χ3n) is 5.29. The Morgan fingerprint density at radius 2 is 1.81 bits per heavy atom. The highest BCUT2D eigenvalue weighted by molar-refractivity contribution is 6.30. The topological polar surface area (TPSA) is 20.3 Å². The summed E-state index contributed by atoms with van der Waals surface area (Å²) in [5.74, 6) is 1.05. The van der Waals surface area contributed by atoms with Gasteiger partial charge in [-0.25, -0.2) is 0 Å². The average Bonchev–Trinajstić information content (AvgIpc) is 3.17. The zero-order valence-electron chi connectivity index (χ0n) is 12.7. The summed E-state index contributed by atoms with van der Waals surface area (Å²) in [5, 5.41) is 0.684. The second-order valence-electron chi connectivity index (χ2n) is 6.54. The van der Waals surface area contributed by atoms with Crippen LogP contribution in [0.15, 0.2) is 24.3 Å². The molecule has 1 aliphatic carbocycles. The van der Waals surface area contributed by atoms with Crippen LogP contribution in [-0.4, -0.2) is 29.3 Å². The van der Waals surface area contributed by atoms with Gasteiger partial charge in [0.1, 0.15) is 0 Å². The summed E-state index contributed by atoms with van der Waals surface area (Å²) in [7, 11) is 0. The third-order valence-corrected chi connectivity index (χ3v) is 5.54. The van der Waals surface area contributed by atoms with Crippen LogP contribution in [0.1, 0.15) is 55.8 Å². The number of halogens is 1. The number of rotatable bonds is 4. The quantitative estimate of drug-likeness (QED) is 0.760. The fourth-order valence-electron chi connectivity index (χ4n) is 4.15. The molecule has 0 bridgehead atoms. The minimum absolute atomic E-state index is 0.0146. The van der Waals surface area contributed by atoms with E-state index in [1.807, 2.05) is 12.1 Å². The molecule has 1 aliphatic heterocycles. The van der Waals surface area contributed by atoms with E-state index in [4.69, 9.17) is 11.6 Å². The minimum Gasteiger partial charge on any atom is -0.292 e. The number of hydrogen-bond acceptors (Lipinski definition) is 2. The minimum atomic E-state index is -0.0146. The molecular formula is C18H24ClNO. The highest BCUT2D eigenvalue weighted by atomic mass is 35.5. The molecule has 2 unspecified atom stereocenters. The highest BCUT2D eigenvalue weighted by Crippen LogP contribution is 2.36. The molecule has 0 amide bonds.